The molecule has 2 amide bonds. The molecule has 0 fully saturated rings. The number of hydrogen-bond donors (Lipinski definition) is 1. The van der Waals surface area contributed by atoms with Crippen molar-refractivity contribution < 1.29 is 9.53 Å². The van der Waals surface area contributed by atoms with Gasteiger partial charge in [0, 0.05) is 18.8 Å². The molecule has 5 heteroatoms. The predicted octanol–water partition coefficient (Wildman–Crippen LogP) is 3.55. The van der Waals surface area contributed by atoms with Crippen LogP contribution in [0, 0.1) is 11.3 Å². The van der Waals surface area contributed by atoms with Crippen LogP contribution in [0.3, 0.4) is 0 Å². The molecule has 1 aliphatic heterocycles. The number of carbonyl (C=O) groups excluding carboxylic acids is 1. The smallest absolute Gasteiger partial charge is 0.322 e. The van der Waals surface area contributed by atoms with E-state index in [0.717, 1.165) is 24.2 Å². The molecule has 122 valence electrons. The fourth-order valence-corrected chi connectivity index (χ4v) is 2.90. The molecule has 2 aromatic rings. The number of nitrogens with zero attached hydrogens (tertiary/aromatic N) is 2. The minimum Gasteiger partial charge on any atom is -0.497 e. The summed E-state index contributed by atoms with van der Waals surface area (Å²) in [7, 11) is 1.66. The SMILES string of the molecule is COc1ccc2c(c1)CCCN(C(=O)Nc1cccc(C#N)c1)C2. The highest BCUT2D eigenvalue weighted by Crippen LogP contribution is 2.24. The van der Waals surface area contributed by atoms with Gasteiger partial charge in [-0.2, -0.15) is 5.26 Å². The van der Waals surface area contributed by atoms with E-state index in [-0.39, 0.29) is 6.03 Å². The lowest BCUT2D eigenvalue weighted by molar-refractivity contribution is 0.210. The minimum absolute atomic E-state index is 0.145. The van der Waals surface area contributed by atoms with Crippen LogP contribution in [0.2, 0.25) is 0 Å². The molecule has 0 unspecified atom stereocenters. The molecule has 0 saturated heterocycles. The standard InChI is InChI=1S/C19H19N3O2/c1-24-18-8-7-16-13-22(9-3-5-15(16)11-18)19(23)21-17-6-2-4-14(10-17)12-20/h2,4,6-8,10-11H,3,5,9,13H2,1H3,(H,21,23). The van der Waals surface area contributed by atoms with E-state index in [1.165, 1.54) is 5.56 Å². The molecular weight excluding hydrogens is 302 g/mol. The van der Waals surface area contributed by atoms with Crippen LogP contribution in [0.5, 0.6) is 5.75 Å². The summed E-state index contributed by atoms with van der Waals surface area (Å²) in [5, 5.41) is 11.8. The van der Waals surface area contributed by atoms with E-state index in [0.29, 0.717) is 24.3 Å². The summed E-state index contributed by atoms with van der Waals surface area (Å²) >= 11 is 0. The Labute approximate surface area is 141 Å². The van der Waals surface area contributed by atoms with Crippen molar-refractivity contribution in [3.05, 3.63) is 59.2 Å². The van der Waals surface area contributed by atoms with Gasteiger partial charge in [0.15, 0.2) is 0 Å². The van der Waals surface area contributed by atoms with Gasteiger partial charge in [-0.25, -0.2) is 4.79 Å². The van der Waals surface area contributed by atoms with Crippen molar-refractivity contribution in [2.45, 2.75) is 19.4 Å². The van der Waals surface area contributed by atoms with Crippen LogP contribution in [0.25, 0.3) is 0 Å². The average molecular weight is 321 g/mol. The van der Waals surface area contributed by atoms with Gasteiger partial charge in [0.05, 0.1) is 18.7 Å². The first-order valence-corrected chi connectivity index (χ1v) is 7.91. The van der Waals surface area contributed by atoms with Crippen LogP contribution < -0.4 is 10.1 Å². The summed E-state index contributed by atoms with van der Waals surface area (Å²) in [6.07, 6.45) is 1.84. The van der Waals surface area contributed by atoms with E-state index in [4.69, 9.17) is 10.00 Å². The monoisotopic (exact) mass is 321 g/mol. The number of methoxy groups -OCH3 is 1. The zero-order valence-electron chi connectivity index (χ0n) is 13.6. The van der Waals surface area contributed by atoms with E-state index in [1.54, 1.807) is 36.3 Å². The number of nitrogens with one attached hydrogen (secondary N) is 1. The third-order valence-electron chi connectivity index (χ3n) is 4.18. The molecule has 0 bridgehead atoms. The molecular formula is C19H19N3O2. The summed E-state index contributed by atoms with van der Waals surface area (Å²) in [4.78, 5) is 14.4. The third-order valence-corrected chi connectivity index (χ3v) is 4.18. The number of benzene rings is 2. The third kappa shape index (κ3) is 3.49. The molecule has 0 spiro atoms. The Bertz CT molecular complexity index is 795. The zero-order chi connectivity index (χ0) is 16.9. The Morgan fingerprint density at radius 2 is 2.12 bits per heavy atom. The van der Waals surface area contributed by atoms with Crippen molar-refractivity contribution in [3.8, 4) is 11.8 Å². The van der Waals surface area contributed by atoms with Gasteiger partial charge in [-0.1, -0.05) is 12.1 Å². The molecule has 24 heavy (non-hydrogen) atoms. The quantitative estimate of drug-likeness (QED) is 0.920. The molecule has 1 N–H and O–H groups in total. The van der Waals surface area contributed by atoms with E-state index in [2.05, 4.69) is 11.4 Å². The van der Waals surface area contributed by atoms with E-state index in [9.17, 15) is 4.79 Å². The van der Waals surface area contributed by atoms with Crippen molar-refractivity contribution in [1.29, 1.82) is 5.26 Å². The number of fused-ring (bicyclic) bond motifs is 1. The minimum atomic E-state index is -0.145. The molecule has 0 saturated carbocycles. The fraction of sp³-hybridized carbons (Fsp3) is 0.263. The summed E-state index contributed by atoms with van der Waals surface area (Å²) in [5.74, 6) is 0.847. The normalized spacial score (nSPS) is 13.4. The fourth-order valence-electron chi connectivity index (χ4n) is 2.90. The Morgan fingerprint density at radius 1 is 1.25 bits per heavy atom. The van der Waals surface area contributed by atoms with Crippen molar-refractivity contribution >= 4 is 11.7 Å². The van der Waals surface area contributed by atoms with Gasteiger partial charge in [-0.3, -0.25) is 0 Å². The number of aryl methyl sites for hydroxylation is 1. The number of ether oxygens (including phenoxy) is 1. The average Bonchev–Trinajstić information content (AvgIpc) is 2.83. The second kappa shape index (κ2) is 7.05. The van der Waals surface area contributed by atoms with E-state index < -0.39 is 0 Å². The molecule has 0 atom stereocenters. The van der Waals surface area contributed by atoms with Crippen LogP contribution in [0.1, 0.15) is 23.1 Å². The molecule has 5 nitrogen and oxygen atoms in total. The van der Waals surface area contributed by atoms with E-state index >= 15 is 0 Å². The highest BCUT2D eigenvalue weighted by molar-refractivity contribution is 5.89. The van der Waals surface area contributed by atoms with Gasteiger partial charge in [0.1, 0.15) is 5.75 Å². The summed E-state index contributed by atoms with van der Waals surface area (Å²) in [6, 6.07) is 14.9. The van der Waals surface area contributed by atoms with Gasteiger partial charge in [-0.05, 0) is 54.3 Å². The van der Waals surface area contributed by atoms with Crippen LogP contribution in [-0.2, 0) is 13.0 Å². The highest BCUT2D eigenvalue weighted by atomic mass is 16.5. The Kier molecular flexibility index (Phi) is 4.66. The Morgan fingerprint density at radius 3 is 2.92 bits per heavy atom. The molecule has 0 aromatic heterocycles. The second-order valence-electron chi connectivity index (χ2n) is 5.78. The topological polar surface area (TPSA) is 65.4 Å². The highest BCUT2D eigenvalue weighted by Gasteiger charge is 2.19. The van der Waals surface area contributed by atoms with Crippen LogP contribution in [-0.4, -0.2) is 24.6 Å². The van der Waals surface area contributed by atoms with E-state index in [1.807, 2.05) is 18.2 Å². The van der Waals surface area contributed by atoms with Gasteiger partial charge in [0.25, 0.3) is 0 Å². The number of anilines is 1. The van der Waals surface area contributed by atoms with Gasteiger partial charge in [0.2, 0.25) is 0 Å². The van der Waals surface area contributed by atoms with Crippen LogP contribution in [0.4, 0.5) is 10.5 Å². The van der Waals surface area contributed by atoms with Crippen molar-refractivity contribution in [2.24, 2.45) is 0 Å². The summed E-state index contributed by atoms with van der Waals surface area (Å²) in [6.45, 7) is 1.27. The van der Waals surface area contributed by atoms with Gasteiger partial charge < -0.3 is 15.0 Å². The lowest BCUT2D eigenvalue weighted by Gasteiger charge is -2.21. The largest absolute Gasteiger partial charge is 0.497 e. The summed E-state index contributed by atoms with van der Waals surface area (Å²) < 4.78 is 5.28. The van der Waals surface area contributed by atoms with Crippen LogP contribution in [0.15, 0.2) is 42.5 Å². The maximum absolute atomic E-state index is 12.6. The molecule has 3 rings (SSSR count). The predicted molar refractivity (Wildman–Crippen MR) is 91.9 cm³/mol. The zero-order valence-corrected chi connectivity index (χ0v) is 13.6. The maximum atomic E-state index is 12.6. The number of urea groups is 1. The van der Waals surface area contributed by atoms with Crippen LogP contribution >= 0.6 is 0 Å². The van der Waals surface area contributed by atoms with Gasteiger partial charge in [-0.15, -0.1) is 0 Å². The number of amides is 2. The molecule has 1 heterocycles. The Hall–Kier alpha value is -3.00. The first-order chi connectivity index (χ1) is 11.7. The number of nitriles is 1. The lowest BCUT2D eigenvalue weighted by atomic mass is 10.0. The number of carbonyl (C=O) groups is 1. The van der Waals surface area contributed by atoms with Crippen molar-refractivity contribution in [2.75, 3.05) is 19.0 Å². The number of rotatable bonds is 2. The molecule has 1 aliphatic rings. The molecule has 2 aromatic carbocycles. The first-order valence-electron chi connectivity index (χ1n) is 7.91. The lowest BCUT2D eigenvalue weighted by Crippen LogP contribution is -2.34. The molecule has 0 radical (unpaired) electrons. The Balaban J connectivity index is 1.74. The molecule has 0 aliphatic carbocycles. The number of hydrogen-bond acceptors (Lipinski definition) is 3. The van der Waals surface area contributed by atoms with Gasteiger partial charge >= 0.3 is 6.03 Å². The van der Waals surface area contributed by atoms with Crippen molar-refractivity contribution in [1.82, 2.24) is 4.90 Å². The maximum Gasteiger partial charge on any atom is 0.322 e. The summed E-state index contributed by atoms with van der Waals surface area (Å²) in [5.41, 5.74) is 3.55. The second-order valence-corrected chi connectivity index (χ2v) is 5.78. The van der Waals surface area contributed by atoms with Crippen molar-refractivity contribution in [3.63, 3.8) is 0 Å². The first kappa shape index (κ1) is 15.9.